The molecule has 1 fully saturated rings. The van der Waals surface area contributed by atoms with Crippen molar-refractivity contribution in [1.29, 1.82) is 0 Å². The average molecular weight is 300 g/mol. The summed E-state index contributed by atoms with van der Waals surface area (Å²) in [7, 11) is -3.04. The Morgan fingerprint density at radius 3 is 2.75 bits per heavy atom. The van der Waals surface area contributed by atoms with Gasteiger partial charge >= 0.3 is 0 Å². The summed E-state index contributed by atoms with van der Waals surface area (Å²) in [5, 5.41) is 5.10. The molecule has 20 heavy (non-hydrogen) atoms. The summed E-state index contributed by atoms with van der Waals surface area (Å²) in [4.78, 5) is 23.1. The van der Waals surface area contributed by atoms with Crippen molar-refractivity contribution >= 4 is 21.7 Å². The summed E-state index contributed by atoms with van der Waals surface area (Å²) in [5.41, 5.74) is 0. The predicted octanol–water partition coefficient (Wildman–Crippen LogP) is -0.411. The molecule has 0 bridgehead atoms. The molecule has 2 heterocycles. The second-order valence-electron chi connectivity index (χ2n) is 4.70. The standard InChI is InChI=1S/C12H16N2O5S/c15-11(13-7-10-2-1-4-19-10)6-12(16)14-9-3-5-20(17,18)8-9/h1-2,4,9H,3,5-8H2,(H,13,15)(H,14,16). The fourth-order valence-electron chi connectivity index (χ4n) is 1.99. The molecule has 0 saturated carbocycles. The van der Waals surface area contributed by atoms with Gasteiger partial charge in [-0.25, -0.2) is 8.42 Å². The van der Waals surface area contributed by atoms with Gasteiger partial charge in [0.1, 0.15) is 12.2 Å². The Morgan fingerprint density at radius 1 is 1.35 bits per heavy atom. The molecule has 1 atom stereocenters. The third-order valence-corrected chi connectivity index (χ3v) is 4.73. The molecular formula is C12H16N2O5S. The second-order valence-corrected chi connectivity index (χ2v) is 6.93. The largest absolute Gasteiger partial charge is 0.467 e. The molecule has 1 aliphatic rings. The van der Waals surface area contributed by atoms with Gasteiger partial charge in [-0.2, -0.15) is 0 Å². The van der Waals surface area contributed by atoms with Crippen molar-refractivity contribution in [3.63, 3.8) is 0 Å². The topological polar surface area (TPSA) is 105 Å². The van der Waals surface area contributed by atoms with Crippen LogP contribution in [0.4, 0.5) is 0 Å². The molecule has 8 heteroatoms. The van der Waals surface area contributed by atoms with E-state index < -0.39 is 21.7 Å². The second kappa shape index (κ2) is 6.08. The van der Waals surface area contributed by atoms with Gasteiger partial charge in [-0.05, 0) is 18.6 Å². The quantitative estimate of drug-likeness (QED) is 0.719. The molecule has 7 nitrogen and oxygen atoms in total. The third kappa shape index (κ3) is 4.37. The van der Waals surface area contributed by atoms with Crippen molar-refractivity contribution in [3.8, 4) is 0 Å². The van der Waals surface area contributed by atoms with Gasteiger partial charge in [-0.1, -0.05) is 0 Å². The van der Waals surface area contributed by atoms with Gasteiger partial charge in [-0.3, -0.25) is 9.59 Å². The minimum atomic E-state index is -3.04. The number of hydrogen-bond acceptors (Lipinski definition) is 5. The molecule has 110 valence electrons. The van der Waals surface area contributed by atoms with Gasteiger partial charge < -0.3 is 15.1 Å². The smallest absolute Gasteiger partial charge is 0.229 e. The zero-order valence-corrected chi connectivity index (χ0v) is 11.6. The molecule has 0 aromatic carbocycles. The number of hydrogen-bond donors (Lipinski definition) is 2. The molecule has 1 unspecified atom stereocenters. The van der Waals surface area contributed by atoms with Crippen LogP contribution in [-0.4, -0.2) is 37.8 Å². The predicted molar refractivity (Wildman–Crippen MR) is 70.4 cm³/mol. The lowest BCUT2D eigenvalue weighted by Crippen LogP contribution is -2.38. The van der Waals surface area contributed by atoms with E-state index in [1.54, 1.807) is 12.1 Å². The SMILES string of the molecule is O=C(CC(=O)NC1CCS(=O)(=O)C1)NCc1ccco1. The van der Waals surface area contributed by atoms with E-state index in [1.165, 1.54) is 6.26 Å². The molecule has 0 radical (unpaired) electrons. The molecule has 1 aromatic heterocycles. The molecule has 2 amide bonds. The van der Waals surface area contributed by atoms with E-state index in [4.69, 9.17) is 4.42 Å². The zero-order chi connectivity index (χ0) is 14.6. The number of rotatable bonds is 5. The van der Waals surface area contributed by atoms with E-state index in [-0.39, 0.29) is 30.5 Å². The van der Waals surface area contributed by atoms with Gasteiger partial charge in [0.05, 0.1) is 24.3 Å². The Labute approximate surface area is 116 Å². The minimum Gasteiger partial charge on any atom is -0.467 e. The highest BCUT2D eigenvalue weighted by atomic mass is 32.2. The summed E-state index contributed by atoms with van der Waals surface area (Å²) in [6.07, 6.45) is 1.58. The highest BCUT2D eigenvalue weighted by Crippen LogP contribution is 2.11. The maximum atomic E-state index is 11.6. The molecule has 2 rings (SSSR count). The number of carbonyl (C=O) groups is 2. The first-order chi connectivity index (χ1) is 9.44. The van der Waals surface area contributed by atoms with Gasteiger partial charge in [0.15, 0.2) is 9.84 Å². The molecule has 1 aromatic rings. The van der Waals surface area contributed by atoms with Crippen LogP contribution in [0.25, 0.3) is 0 Å². The van der Waals surface area contributed by atoms with E-state index in [1.807, 2.05) is 0 Å². The summed E-state index contributed by atoms with van der Waals surface area (Å²) < 4.78 is 27.5. The lowest BCUT2D eigenvalue weighted by atomic mass is 10.2. The first kappa shape index (κ1) is 14.6. The van der Waals surface area contributed by atoms with Crippen molar-refractivity contribution in [2.75, 3.05) is 11.5 Å². The van der Waals surface area contributed by atoms with Gasteiger partial charge in [0.2, 0.25) is 11.8 Å². The van der Waals surface area contributed by atoms with Crippen LogP contribution in [0, 0.1) is 0 Å². The monoisotopic (exact) mass is 300 g/mol. The van der Waals surface area contributed by atoms with Crippen molar-refractivity contribution in [2.45, 2.75) is 25.4 Å². The molecule has 1 saturated heterocycles. The summed E-state index contributed by atoms with van der Waals surface area (Å²) >= 11 is 0. The Kier molecular flexibility index (Phi) is 4.43. The van der Waals surface area contributed by atoms with Crippen LogP contribution >= 0.6 is 0 Å². The Bertz CT molecular complexity index is 579. The van der Waals surface area contributed by atoms with E-state index in [0.717, 1.165) is 0 Å². The van der Waals surface area contributed by atoms with Crippen molar-refractivity contribution < 1.29 is 22.4 Å². The third-order valence-electron chi connectivity index (χ3n) is 2.96. The Hall–Kier alpha value is -1.83. The van der Waals surface area contributed by atoms with Gasteiger partial charge in [-0.15, -0.1) is 0 Å². The fraction of sp³-hybridized carbons (Fsp3) is 0.500. The van der Waals surface area contributed by atoms with E-state index in [9.17, 15) is 18.0 Å². The molecule has 0 spiro atoms. The normalized spacial score (nSPS) is 20.5. The Morgan fingerprint density at radius 2 is 2.15 bits per heavy atom. The zero-order valence-electron chi connectivity index (χ0n) is 10.8. The minimum absolute atomic E-state index is 0.0489. The first-order valence-electron chi connectivity index (χ1n) is 6.23. The highest BCUT2D eigenvalue weighted by Gasteiger charge is 2.29. The number of carbonyl (C=O) groups excluding carboxylic acids is 2. The van der Waals surface area contributed by atoms with E-state index >= 15 is 0 Å². The molecular weight excluding hydrogens is 284 g/mol. The molecule has 0 aliphatic carbocycles. The van der Waals surface area contributed by atoms with E-state index in [0.29, 0.717) is 12.2 Å². The lowest BCUT2D eigenvalue weighted by Gasteiger charge is -2.10. The van der Waals surface area contributed by atoms with Crippen LogP contribution in [0.15, 0.2) is 22.8 Å². The summed E-state index contributed by atoms with van der Waals surface area (Å²) in [6, 6.07) is 3.03. The number of sulfone groups is 1. The van der Waals surface area contributed by atoms with Crippen LogP contribution < -0.4 is 10.6 Å². The Balaban J connectivity index is 1.70. The lowest BCUT2D eigenvalue weighted by molar-refractivity contribution is -0.129. The van der Waals surface area contributed by atoms with Crippen LogP contribution in [0.3, 0.4) is 0 Å². The average Bonchev–Trinajstić information content (AvgIpc) is 2.96. The maximum absolute atomic E-state index is 11.6. The van der Waals surface area contributed by atoms with Crippen LogP contribution in [0.5, 0.6) is 0 Å². The van der Waals surface area contributed by atoms with Crippen molar-refractivity contribution in [2.24, 2.45) is 0 Å². The van der Waals surface area contributed by atoms with Crippen molar-refractivity contribution in [3.05, 3.63) is 24.2 Å². The van der Waals surface area contributed by atoms with Crippen LogP contribution in [0.2, 0.25) is 0 Å². The number of amides is 2. The van der Waals surface area contributed by atoms with Gasteiger partial charge in [0, 0.05) is 6.04 Å². The van der Waals surface area contributed by atoms with Gasteiger partial charge in [0.25, 0.3) is 0 Å². The van der Waals surface area contributed by atoms with E-state index in [2.05, 4.69) is 10.6 Å². The fourth-order valence-corrected chi connectivity index (χ4v) is 3.67. The summed E-state index contributed by atoms with van der Waals surface area (Å²) in [5.74, 6) is -0.264. The molecule has 2 N–H and O–H groups in total. The van der Waals surface area contributed by atoms with Crippen LogP contribution in [0.1, 0.15) is 18.6 Å². The number of furan rings is 1. The highest BCUT2D eigenvalue weighted by molar-refractivity contribution is 7.91. The summed E-state index contributed by atoms with van der Waals surface area (Å²) in [6.45, 7) is 0.219. The first-order valence-corrected chi connectivity index (χ1v) is 8.05. The maximum Gasteiger partial charge on any atom is 0.229 e. The van der Waals surface area contributed by atoms with Crippen LogP contribution in [-0.2, 0) is 26.0 Å². The molecule has 1 aliphatic heterocycles. The van der Waals surface area contributed by atoms with Crippen molar-refractivity contribution in [1.82, 2.24) is 10.6 Å². The number of nitrogens with one attached hydrogen (secondary N) is 2.